The maximum absolute atomic E-state index is 11.4. The van der Waals surface area contributed by atoms with Crippen molar-refractivity contribution in [1.29, 1.82) is 0 Å². The van der Waals surface area contributed by atoms with Crippen molar-refractivity contribution >= 4 is 11.9 Å². The van der Waals surface area contributed by atoms with Crippen LogP contribution in [0.2, 0.25) is 0 Å². The summed E-state index contributed by atoms with van der Waals surface area (Å²) in [6.45, 7) is -10.0. The molecule has 6 nitrogen and oxygen atoms in total. The predicted molar refractivity (Wildman–Crippen MR) is 81.7 cm³/mol. The van der Waals surface area contributed by atoms with Crippen molar-refractivity contribution in [3.63, 3.8) is 0 Å². The van der Waals surface area contributed by atoms with Crippen molar-refractivity contribution in [3.8, 4) is 0 Å². The average molecular weight is 309 g/mol. The van der Waals surface area contributed by atoms with Crippen LogP contribution in [0.5, 0.6) is 0 Å². The van der Waals surface area contributed by atoms with Crippen LogP contribution >= 0.6 is 0 Å². The first-order valence-electron chi connectivity index (χ1n) is 11.8. The lowest BCUT2D eigenvalue weighted by atomic mass is 10.2. The number of hydrogen-bond acceptors (Lipinski definition) is 5. The van der Waals surface area contributed by atoms with Crippen LogP contribution in [0.3, 0.4) is 0 Å². The van der Waals surface area contributed by atoms with E-state index < -0.39 is 50.7 Å². The number of methoxy groups -OCH3 is 1. The number of nitrogens with zero attached hydrogens (tertiary/aromatic N) is 2. The van der Waals surface area contributed by atoms with E-state index in [1.165, 1.54) is 7.11 Å². The Labute approximate surface area is 141 Å². The monoisotopic (exact) mass is 309 g/mol. The summed E-state index contributed by atoms with van der Waals surface area (Å²) >= 11 is 0. The van der Waals surface area contributed by atoms with Crippen molar-refractivity contribution in [3.05, 3.63) is 0 Å². The SMILES string of the molecule is [2H]C([2H])([2H])C([2H])([2H])N1CCCC1C(=O)OC.[2H]C([2H])([2H])C([2H])([2H])N1CCCC1C(N)=O. The van der Waals surface area contributed by atoms with Crippen molar-refractivity contribution in [1.82, 2.24) is 9.80 Å². The maximum atomic E-state index is 11.4. The fraction of sp³-hybridized carbons (Fsp3) is 0.867. The first-order chi connectivity index (χ1) is 13.9. The van der Waals surface area contributed by atoms with Crippen LogP contribution in [0, 0.1) is 0 Å². The van der Waals surface area contributed by atoms with Crippen LogP contribution in [0.15, 0.2) is 0 Å². The molecule has 0 saturated carbocycles. The first-order valence-corrected chi connectivity index (χ1v) is 6.80. The summed E-state index contributed by atoms with van der Waals surface area (Å²) in [4.78, 5) is 24.5. The minimum absolute atomic E-state index is 0.249. The Hall–Kier alpha value is -1.14. The zero-order valence-corrected chi connectivity index (χ0v) is 12.1. The van der Waals surface area contributed by atoms with Crippen LogP contribution in [-0.4, -0.2) is 67.0 Å². The molecule has 0 aromatic rings. The van der Waals surface area contributed by atoms with Gasteiger partial charge in [0, 0.05) is 13.7 Å². The van der Waals surface area contributed by atoms with E-state index in [9.17, 15) is 9.59 Å². The highest BCUT2D eigenvalue weighted by molar-refractivity contribution is 5.80. The zero-order valence-electron chi connectivity index (χ0n) is 22.1. The third-order valence-corrected chi connectivity index (χ3v) is 3.59. The number of carbonyl (C=O) groups excluding carboxylic acids is 2. The van der Waals surface area contributed by atoms with E-state index in [0.29, 0.717) is 25.7 Å². The van der Waals surface area contributed by atoms with Crippen molar-refractivity contribution in [2.45, 2.75) is 51.5 Å². The molecule has 2 aliphatic rings. The van der Waals surface area contributed by atoms with Gasteiger partial charge in [-0.05, 0) is 51.8 Å². The Morgan fingerprint density at radius 1 is 1.19 bits per heavy atom. The lowest BCUT2D eigenvalue weighted by molar-refractivity contribution is -0.145. The molecular formula is C15H29N3O3. The van der Waals surface area contributed by atoms with Gasteiger partial charge in [-0.15, -0.1) is 0 Å². The molecule has 0 radical (unpaired) electrons. The lowest BCUT2D eigenvalue weighted by Gasteiger charge is -2.19. The quantitative estimate of drug-likeness (QED) is 0.770. The van der Waals surface area contributed by atoms with Gasteiger partial charge in [-0.25, -0.2) is 0 Å². The molecule has 2 fully saturated rings. The van der Waals surface area contributed by atoms with Gasteiger partial charge in [-0.2, -0.15) is 0 Å². The molecular weight excluding hydrogens is 270 g/mol. The highest BCUT2D eigenvalue weighted by atomic mass is 16.5. The predicted octanol–water partition coefficient (Wildman–Crippen LogP) is 0.600. The maximum Gasteiger partial charge on any atom is 0.323 e. The zero-order chi connectivity index (χ0) is 24.4. The average Bonchev–Trinajstić information content (AvgIpc) is 3.29. The summed E-state index contributed by atoms with van der Waals surface area (Å²) in [7, 11) is 1.21. The Morgan fingerprint density at radius 2 is 1.71 bits per heavy atom. The Morgan fingerprint density at radius 3 is 2.19 bits per heavy atom. The second-order valence-electron chi connectivity index (χ2n) is 4.85. The molecule has 0 aromatic carbocycles. The minimum Gasteiger partial charge on any atom is -0.468 e. The number of likely N-dealkylation sites (N-methyl/N-ethyl adjacent to an activating group) is 2. The number of esters is 1. The summed E-state index contributed by atoms with van der Waals surface area (Å²) in [5.74, 6) is -1.24. The molecule has 2 N–H and O–H groups in total. The first kappa shape index (κ1) is 7.92. The molecule has 0 bridgehead atoms. The molecule has 2 atom stereocenters. The van der Waals surface area contributed by atoms with Gasteiger partial charge in [-0.3, -0.25) is 19.4 Å². The van der Waals surface area contributed by atoms with Crippen LogP contribution < -0.4 is 5.73 Å². The van der Waals surface area contributed by atoms with Gasteiger partial charge in [0.1, 0.15) is 6.04 Å². The number of hydrogen-bond donors (Lipinski definition) is 1. The Balaban J connectivity index is 0.000000311. The van der Waals surface area contributed by atoms with Crippen molar-refractivity contribution < 1.29 is 28.0 Å². The van der Waals surface area contributed by atoms with E-state index in [-0.39, 0.29) is 13.1 Å². The minimum atomic E-state index is -2.77. The molecule has 1 amide bonds. The van der Waals surface area contributed by atoms with E-state index in [2.05, 4.69) is 4.74 Å². The number of carbonyl (C=O) groups is 2. The topological polar surface area (TPSA) is 75.9 Å². The second kappa shape index (κ2) is 9.00. The van der Waals surface area contributed by atoms with E-state index >= 15 is 0 Å². The van der Waals surface area contributed by atoms with Crippen LogP contribution in [0.4, 0.5) is 0 Å². The number of nitrogens with two attached hydrogens (primary N) is 1. The van der Waals surface area contributed by atoms with E-state index in [1.807, 2.05) is 0 Å². The van der Waals surface area contributed by atoms with Crippen LogP contribution in [0.1, 0.15) is 53.1 Å². The Bertz CT molecular complexity index is 653. The molecule has 21 heavy (non-hydrogen) atoms. The lowest BCUT2D eigenvalue weighted by Crippen LogP contribution is -2.39. The number of primary amides is 1. The van der Waals surface area contributed by atoms with E-state index in [1.54, 1.807) is 0 Å². The molecule has 0 spiro atoms. The van der Waals surface area contributed by atoms with Crippen LogP contribution in [0.25, 0.3) is 0 Å². The highest BCUT2D eigenvalue weighted by Gasteiger charge is 2.29. The van der Waals surface area contributed by atoms with Gasteiger partial charge in [0.25, 0.3) is 0 Å². The third-order valence-electron chi connectivity index (χ3n) is 3.59. The molecule has 0 aromatic heterocycles. The van der Waals surface area contributed by atoms with Gasteiger partial charge in [0.15, 0.2) is 0 Å². The molecule has 2 aliphatic heterocycles. The summed E-state index contributed by atoms with van der Waals surface area (Å²) < 4.78 is 77.5. The largest absolute Gasteiger partial charge is 0.468 e. The fourth-order valence-electron chi connectivity index (χ4n) is 2.48. The summed E-state index contributed by atoms with van der Waals surface area (Å²) in [5.41, 5.74) is 5.10. The normalized spacial score (nSPS) is 35.9. The van der Waals surface area contributed by atoms with E-state index in [4.69, 9.17) is 19.4 Å². The highest BCUT2D eigenvalue weighted by Crippen LogP contribution is 2.17. The third kappa shape index (κ3) is 4.97. The molecule has 6 heteroatoms. The smallest absolute Gasteiger partial charge is 0.323 e. The van der Waals surface area contributed by atoms with Gasteiger partial charge in [0.2, 0.25) is 5.91 Å². The van der Waals surface area contributed by atoms with Gasteiger partial charge in [-0.1, -0.05) is 13.7 Å². The number of ether oxygens (including phenoxy) is 1. The van der Waals surface area contributed by atoms with Gasteiger partial charge < -0.3 is 10.5 Å². The summed E-state index contributed by atoms with van der Waals surface area (Å²) in [6, 6.07) is -1.60. The molecule has 2 heterocycles. The van der Waals surface area contributed by atoms with Gasteiger partial charge >= 0.3 is 5.97 Å². The number of likely N-dealkylation sites (tertiary alicyclic amines) is 2. The van der Waals surface area contributed by atoms with Crippen LogP contribution in [-0.2, 0) is 14.3 Å². The Kier molecular flexibility index (Phi) is 3.39. The number of rotatable bonds is 4. The standard InChI is InChI=1S/C8H15NO2.C7H14N2O/c1-3-9-6-4-5-7(9)8(10)11-2;1-2-9-5-3-4-6(9)7(8)10/h7H,3-6H2,1-2H3;6H,2-5H2,1H3,(H2,8,10)/i1D3,3D2;1D3,2D2. The van der Waals surface area contributed by atoms with Gasteiger partial charge in [0.05, 0.1) is 13.2 Å². The summed E-state index contributed by atoms with van der Waals surface area (Å²) in [5, 5.41) is 0. The summed E-state index contributed by atoms with van der Waals surface area (Å²) in [6.07, 6.45) is 2.03. The van der Waals surface area contributed by atoms with Crippen molar-refractivity contribution in [2.24, 2.45) is 5.73 Å². The molecule has 2 rings (SSSR count). The van der Waals surface area contributed by atoms with E-state index in [0.717, 1.165) is 9.80 Å². The molecule has 2 saturated heterocycles. The second-order valence-corrected chi connectivity index (χ2v) is 4.85. The number of amides is 1. The fourth-order valence-corrected chi connectivity index (χ4v) is 2.48. The molecule has 0 aliphatic carbocycles. The van der Waals surface area contributed by atoms with Crippen molar-refractivity contribution in [2.75, 3.05) is 33.2 Å². The molecule has 2 unspecified atom stereocenters. The molecule has 122 valence electrons.